The molecule has 25 heavy (non-hydrogen) atoms. The molecule has 1 aromatic carbocycles. The summed E-state index contributed by atoms with van der Waals surface area (Å²) in [5.41, 5.74) is 0.543. The van der Waals surface area contributed by atoms with Gasteiger partial charge >= 0.3 is 5.69 Å². The molecule has 1 atom stereocenters. The number of nitrogens with zero attached hydrogens (tertiary/aromatic N) is 5. The molecule has 0 amide bonds. The molecule has 1 unspecified atom stereocenters. The summed E-state index contributed by atoms with van der Waals surface area (Å²) in [5.74, 6) is 0.663. The molecular formula is C16H16N6O2S. The average Bonchev–Trinajstić information content (AvgIpc) is 3.36. The fourth-order valence-electron chi connectivity index (χ4n) is 3.47. The molecule has 0 radical (unpaired) electrons. The molecule has 2 aliphatic heterocycles. The fraction of sp³-hybridized carbons (Fsp3) is 0.375. The monoisotopic (exact) mass is 356 g/mol. The standard InChI is InChI=1S/C16H16N6O2S/c23-14-19-17-12-8-24-16(10-22(12)14)6-7-21(9-16)15-20-18-13(25-15)11-4-2-1-3-5-11/h1-5H,6-10H2,(H,19,23). The molecule has 1 fully saturated rings. The summed E-state index contributed by atoms with van der Waals surface area (Å²) < 4.78 is 7.76. The Kier molecular flexibility index (Phi) is 3.25. The zero-order chi connectivity index (χ0) is 16.9. The van der Waals surface area contributed by atoms with Gasteiger partial charge in [-0.3, -0.25) is 4.57 Å². The van der Waals surface area contributed by atoms with Gasteiger partial charge in [-0.25, -0.2) is 9.89 Å². The molecule has 1 N–H and O–H groups in total. The summed E-state index contributed by atoms with van der Waals surface area (Å²) >= 11 is 1.58. The molecule has 2 aromatic heterocycles. The minimum absolute atomic E-state index is 0.168. The van der Waals surface area contributed by atoms with E-state index in [0.717, 1.165) is 28.7 Å². The Bertz CT molecular complexity index is 964. The Balaban J connectivity index is 1.37. The predicted octanol–water partition coefficient (Wildman–Crippen LogP) is 1.27. The first kappa shape index (κ1) is 14.8. The van der Waals surface area contributed by atoms with Crippen molar-refractivity contribution in [1.82, 2.24) is 25.0 Å². The van der Waals surface area contributed by atoms with Crippen molar-refractivity contribution in [2.24, 2.45) is 0 Å². The number of anilines is 1. The van der Waals surface area contributed by atoms with Crippen LogP contribution in [0.5, 0.6) is 0 Å². The van der Waals surface area contributed by atoms with E-state index in [0.29, 0.717) is 25.5 Å². The Hall–Kier alpha value is -2.52. The SMILES string of the molecule is O=c1[nH]nc2n1CC1(CCN(c3nnc(-c4ccccc4)s3)C1)OC2. The van der Waals surface area contributed by atoms with Crippen LogP contribution in [0.2, 0.25) is 0 Å². The van der Waals surface area contributed by atoms with Crippen molar-refractivity contribution in [2.45, 2.75) is 25.2 Å². The molecule has 0 saturated carbocycles. The quantitative estimate of drug-likeness (QED) is 0.744. The van der Waals surface area contributed by atoms with Gasteiger partial charge in [0.25, 0.3) is 0 Å². The first-order valence-corrected chi connectivity index (χ1v) is 8.96. The van der Waals surface area contributed by atoms with E-state index in [2.05, 4.69) is 25.3 Å². The minimum Gasteiger partial charge on any atom is -0.363 e. The van der Waals surface area contributed by atoms with Crippen LogP contribution in [0.4, 0.5) is 5.13 Å². The van der Waals surface area contributed by atoms with E-state index >= 15 is 0 Å². The Morgan fingerprint density at radius 3 is 2.96 bits per heavy atom. The number of fused-ring (bicyclic) bond motifs is 1. The Morgan fingerprint density at radius 2 is 2.08 bits per heavy atom. The molecule has 8 nitrogen and oxygen atoms in total. The number of hydrogen-bond donors (Lipinski definition) is 1. The predicted molar refractivity (Wildman–Crippen MR) is 92.5 cm³/mol. The van der Waals surface area contributed by atoms with Crippen molar-refractivity contribution in [1.29, 1.82) is 0 Å². The second kappa shape index (κ2) is 5.50. The van der Waals surface area contributed by atoms with Gasteiger partial charge in [0, 0.05) is 12.1 Å². The maximum Gasteiger partial charge on any atom is 0.343 e. The van der Waals surface area contributed by atoms with Crippen molar-refractivity contribution < 1.29 is 4.74 Å². The summed E-state index contributed by atoms with van der Waals surface area (Å²) in [6, 6.07) is 10.1. The molecule has 0 aliphatic carbocycles. The summed E-state index contributed by atoms with van der Waals surface area (Å²) in [6.45, 7) is 2.43. The highest BCUT2D eigenvalue weighted by atomic mass is 32.1. The second-order valence-corrected chi connectivity index (χ2v) is 7.39. The van der Waals surface area contributed by atoms with Gasteiger partial charge in [-0.2, -0.15) is 5.10 Å². The van der Waals surface area contributed by atoms with Crippen LogP contribution in [-0.2, 0) is 17.9 Å². The van der Waals surface area contributed by atoms with E-state index in [1.807, 2.05) is 30.3 Å². The van der Waals surface area contributed by atoms with Crippen LogP contribution in [0.3, 0.4) is 0 Å². The van der Waals surface area contributed by atoms with Crippen LogP contribution in [0.1, 0.15) is 12.2 Å². The van der Waals surface area contributed by atoms with Crippen LogP contribution in [-0.4, -0.2) is 43.7 Å². The molecule has 1 spiro atoms. The van der Waals surface area contributed by atoms with Gasteiger partial charge in [-0.05, 0) is 6.42 Å². The molecule has 5 rings (SSSR count). The van der Waals surface area contributed by atoms with Gasteiger partial charge in [0.05, 0.1) is 13.1 Å². The Labute approximate surface area is 147 Å². The van der Waals surface area contributed by atoms with Crippen molar-refractivity contribution in [3.8, 4) is 10.6 Å². The molecular weight excluding hydrogens is 340 g/mol. The Morgan fingerprint density at radius 1 is 1.20 bits per heavy atom. The number of hydrogen-bond acceptors (Lipinski definition) is 7. The number of H-pyrrole nitrogens is 1. The molecule has 9 heteroatoms. The lowest BCUT2D eigenvalue weighted by atomic mass is 10.0. The van der Waals surface area contributed by atoms with Crippen LogP contribution in [0.25, 0.3) is 10.6 Å². The third-order valence-corrected chi connectivity index (χ3v) is 5.85. The van der Waals surface area contributed by atoms with Crippen LogP contribution < -0.4 is 10.6 Å². The van der Waals surface area contributed by atoms with Crippen LogP contribution in [0, 0.1) is 0 Å². The minimum atomic E-state index is -0.362. The molecule has 0 bridgehead atoms. The zero-order valence-corrected chi connectivity index (χ0v) is 14.2. The largest absolute Gasteiger partial charge is 0.363 e. The van der Waals surface area contributed by atoms with E-state index in [1.54, 1.807) is 15.9 Å². The van der Waals surface area contributed by atoms with Crippen molar-refractivity contribution in [3.63, 3.8) is 0 Å². The summed E-state index contributed by atoms with van der Waals surface area (Å²) in [6.07, 6.45) is 0.851. The van der Waals surface area contributed by atoms with Gasteiger partial charge in [-0.1, -0.05) is 41.7 Å². The number of aromatic nitrogens is 5. The molecule has 1 saturated heterocycles. The summed E-state index contributed by atoms with van der Waals surface area (Å²) in [4.78, 5) is 14.1. The second-order valence-electron chi connectivity index (χ2n) is 6.43. The lowest BCUT2D eigenvalue weighted by molar-refractivity contribution is -0.0759. The number of ether oxygens (including phenoxy) is 1. The number of benzene rings is 1. The maximum atomic E-state index is 11.9. The average molecular weight is 356 g/mol. The van der Waals surface area contributed by atoms with Gasteiger partial charge in [0.15, 0.2) is 5.82 Å². The zero-order valence-electron chi connectivity index (χ0n) is 13.4. The smallest absolute Gasteiger partial charge is 0.343 e. The highest BCUT2D eigenvalue weighted by Gasteiger charge is 2.44. The van der Waals surface area contributed by atoms with Gasteiger partial charge in [-0.15, -0.1) is 10.2 Å². The van der Waals surface area contributed by atoms with Gasteiger partial charge < -0.3 is 9.64 Å². The topological polar surface area (TPSA) is 88.9 Å². The first-order chi connectivity index (χ1) is 12.2. The lowest BCUT2D eigenvalue weighted by Gasteiger charge is -2.33. The van der Waals surface area contributed by atoms with Crippen LogP contribution >= 0.6 is 11.3 Å². The maximum absolute atomic E-state index is 11.9. The highest BCUT2D eigenvalue weighted by Crippen LogP contribution is 2.36. The van der Waals surface area contributed by atoms with Crippen molar-refractivity contribution in [3.05, 3.63) is 46.6 Å². The highest BCUT2D eigenvalue weighted by molar-refractivity contribution is 7.18. The van der Waals surface area contributed by atoms with E-state index in [9.17, 15) is 4.79 Å². The van der Waals surface area contributed by atoms with E-state index < -0.39 is 0 Å². The number of aromatic amines is 1. The third kappa shape index (κ3) is 2.47. The van der Waals surface area contributed by atoms with Gasteiger partial charge in [0.2, 0.25) is 5.13 Å². The van der Waals surface area contributed by atoms with Crippen molar-refractivity contribution >= 4 is 16.5 Å². The molecule has 128 valence electrons. The molecule has 4 heterocycles. The van der Waals surface area contributed by atoms with E-state index in [1.165, 1.54) is 0 Å². The van der Waals surface area contributed by atoms with E-state index in [4.69, 9.17) is 4.74 Å². The fourth-order valence-corrected chi connectivity index (χ4v) is 4.35. The summed E-state index contributed by atoms with van der Waals surface area (Å²) in [7, 11) is 0. The third-order valence-electron chi connectivity index (χ3n) is 4.81. The molecule has 2 aliphatic rings. The number of nitrogens with one attached hydrogen (secondary N) is 1. The van der Waals surface area contributed by atoms with Crippen molar-refractivity contribution in [2.75, 3.05) is 18.0 Å². The van der Waals surface area contributed by atoms with Crippen LogP contribution in [0.15, 0.2) is 35.1 Å². The normalized spacial score (nSPS) is 22.5. The number of rotatable bonds is 2. The molecule has 3 aromatic rings. The summed E-state index contributed by atoms with van der Waals surface area (Å²) in [5, 5.41) is 17.0. The van der Waals surface area contributed by atoms with Gasteiger partial charge in [0.1, 0.15) is 17.2 Å². The van der Waals surface area contributed by atoms with E-state index in [-0.39, 0.29) is 11.3 Å². The first-order valence-electron chi connectivity index (χ1n) is 8.14. The lowest BCUT2D eigenvalue weighted by Crippen LogP contribution is -2.46.